The summed E-state index contributed by atoms with van der Waals surface area (Å²) in [7, 11) is 0. The molecular formula is C26H23ClN2O2S. The Kier molecular flexibility index (Phi) is 6.68. The molecule has 1 N–H and O–H groups in total. The fourth-order valence-electron chi connectivity index (χ4n) is 3.47. The normalized spacial score (nSPS) is 13.8. The van der Waals surface area contributed by atoms with Crippen LogP contribution in [0.5, 0.6) is 0 Å². The fourth-order valence-corrected chi connectivity index (χ4v) is 4.54. The highest BCUT2D eigenvalue weighted by atomic mass is 35.5. The Morgan fingerprint density at radius 1 is 0.906 bits per heavy atom. The molecule has 0 unspecified atom stereocenters. The van der Waals surface area contributed by atoms with Crippen molar-refractivity contribution >= 4 is 40.9 Å². The van der Waals surface area contributed by atoms with E-state index in [0.29, 0.717) is 28.6 Å². The van der Waals surface area contributed by atoms with Crippen molar-refractivity contribution in [2.24, 2.45) is 0 Å². The van der Waals surface area contributed by atoms with Crippen molar-refractivity contribution in [3.63, 3.8) is 0 Å². The molecule has 0 aromatic heterocycles. The number of rotatable bonds is 7. The van der Waals surface area contributed by atoms with Crippen LogP contribution in [-0.4, -0.2) is 23.3 Å². The standard InChI is InChI=1S/C26H23ClN2O2S/c1-17-8-9-18(2)22(16-17)28-23-24(32-21-12-10-20(27)11-13-21)26(31)29(25(23)30)15-14-19-6-4-3-5-7-19/h3-13,16,28H,14-15H2,1-2H3. The fraction of sp³-hybridized carbons (Fsp3) is 0.154. The number of nitrogens with one attached hydrogen (secondary N) is 1. The summed E-state index contributed by atoms with van der Waals surface area (Å²) in [5, 5.41) is 3.88. The zero-order valence-electron chi connectivity index (χ0n) is 17.9. The quantitative estimate of drug-likeness (QED) is 0.438. The molecule has 6 heteroatoms. The number of benzene rings is 3. The van der Waals surface area contributed by atoms with Crippen molar-refractivity contribution in [2.45, 2.75) is 25.2 Å². The largest absolute Gasteiger partial charge is 0.350 e. The Morgan fingerprint density at radius 3 is 2.34 bits per heavy atom. The molecule has 1 aliphatic rings. The van der Waals surface area contributed by atoms with Crippen LogP contribution in [0.1, 0.15) is 16.7 Å². The number of hydrogen-bond acceptors (Lipinski definition) is 4. The van der Waals surface area contributed by atoms with Crippen LogP contribution in [0.2, 0.25) is 5.02 Å². The van der Waals surface area contributed by atoms with Gasteiger partial charge in [0.25, 0.3) is 11.8 Å². The summed E-state index contributed by atoms with van der Waals surface area (Å²) in [6.45, 7) is 4.29. The van der Waals surface area contributed by atoms with Gasteiger partial charge in [-0.1, -0.05) is 65.8 Å². The highest BCUT2D eigenvalue weighted by molar-refractivity contribution is 8.04. The first-order valence-corrected chi connectivity index (χ1v) is 11.5. The number of carbonyl (C=O) groups excluding carboxylic acids is 2. The van der Waals surface area contributed by atoms with E-state index in [2.05, 4.69) is 5.32 Å². The van der Waals surface area contributed by atoms with Gasteiger partial charge in [0.2, 0.25) is 0 Å². The number of hydrogen-bond donors (Lipinski definition) is 1. The molecule has 0 atom stereocenters. The van der Waals surface area contributed by atoms with E-state index in [4.69, 9.17) is 11.6 Å². The van der Waals surface area contributed by atoms with Crippen LogP contribution in [0.25, 0.3) is 0 Å². The van der Waals surface area contributed by atoms with Gasteiger partial charge in [-0.05, 0) is 67.3 Å². The lowest BCUT2D eigenvalue weighted by Gasteiger charge is -2.16. The lowest BCUT2D eigenvalue weighted by atomic mass is 10.1. The van der Waals surface area contributed by atoms with Crippen LogP contribution < -0.4 is 5.32 Å². The molecule has 0 radical (unpaired) electrons. The Balaban J connectivity index is 1.64. The maximum absolute atomic E-state index is 13.3. The van der Waals surface area contributed by atoms with Crippen molar-refractivity contribution in [2.75, 3.05) is 11.9 Å². The number of imide groups is 1. The van der Waals surface area contributed by atoms with Gasteiger partial charge in [-0.15, -0.1) is 0 Å². The minimum atomic E-state index is -0.302. The molecule has 0 aliphatic carbocycles. The molecule has 1 aliphatic heterocycles. The number of carbonyl (C=O) groups is 2. The molecule has 2 amide bonds. The number of aryl methyl sites for hydroxylation is 2. The monoisotopic (exact) mass is 462 g/mol. The third-order valence-electron chi connectivity index (χ3n) is 5.28. The smallest absolute Gasteiger partial charge is 0.278 e. The van der Waals surface area contributed by atoms with E-state index in [1.807, 2.05) is 74.5 Å². The SMILES string of the molecule is Cc1ccc(C)c(NC2=C(Sc3ccc(Cl)cc3)C(=O)N(CCc3ccccc3)C2=O)c1. The average Bonchev–Trinajstić information content (AvgIpc) is 3.00. The van der Waals surface area contributed by atoms with Gasteiger partial charge in [-0.25, -0.2) is 0 Å². The van der Waals surface area contributed by atoms with E-state index in [9.17, 15) is 9.59 Å². The summed E-state index contributed by atoms with van der Waals surface area (Å²) in [6.07, 6.45) is 0.605. The maximum Gasteiger partial charge on any atom is 0.278 e. The Morgan fingerprint density at radius 2 is 1.62 bits per heavy atom. The summed E-state index contributed by atoms with van der Waals surface area (Å²) >= 11 is 7.29. The molecule has 1 heterocycles. The van der Waals surface area contributed by atoms with Crippen molar-refractivity contribution in [3.8, 4) is 0 Å². The highest BCUT2D eigenvalue weighted by Crippen LogP contribution is 2.36. The van der Waals surface area contributed by atoms with Crippen molar-refractivity contribution in [1.82, 2.24) is 4.90 Å². The molecule has 0 fully saturated rings. The van der Waals surface area contributed by atoms with Crippen molar-refractivity contribution < 1.29 is 9.59 Å². The van der Waals surface area contributed by atoms with Gasteiger partial charge in [0, 0.05) is 22.2 Å². The molecule has 4 nitrogen and oxygen atoms in total. The molecule has 3 aromatic rings. The van der Waals surface area contributed by atoms with Gasteiger partial charge in [-0.2, -0.15) is 0 Å². The molecule has 0 spiro atoms. The zero-order valence-corrected chi connectivity index (χ0v) is 19.5. The van der Waals surface area contributed by atoms with Gasteiger partial charge in [0.05, 0.1) is 0 Å². The summed E-state index contributed by atoms with van der Waals surface area (Å²) in [4.78, 5) is 29.2. The van der Waals surface area contributed by atoms with Crippen LogP contribution in [0.3, 0.4) is 0 Å². The molecule has 0 bridgehead atoms. The van der Waals surface area contributed by atoms with Gasteiger partial charge in [0.15, 0.2) is 0 Å². The van der Waals surface area contributed by atoms with Gasteiger partial charge in [-0.3, -0.25) is 14.5 Å². The van der Waals surface area contributed by atoms with Crippen LogP contribution >= 0.6 is 23.4 Å². The topological polar surface area (TPSA) is 49.4 Å². The summed E-state index contributed by atoms with van der Waals surface area (Å²) in [6, 6.07) is 23.1. The van der Waals surface area contributed by atoms with Crippen molar-refractivity contribution in [1.29, 1.82) is 0 Å². The van der Waals surface area contributed by atoms with Crippen LogP contribution in [-0.2, 0) is 16.0 Å². The maximum atomic E-state index is 13.3. The number of thioether (sulfide) groups is 1. The summed E-state index contributed by atoms with van der Waals surface area (Å²) < 4.78 is 0. The highest BCUT2D eigenvalue weighted by Gasteiger charge is 2.39. The van der Waals surface area contributed by atoms with Gasteiger partial charge >= 0.3 is 0 Å². The number of amides is 2. The van der Waals surface area contributed by atoms with Gasteiger partial charge < -0.3 is 5.32 Å². The van der Waals surface area contributed by atoms with Crippen LogP contribution in [0, 0.1) is 13.8 Å². The molecule has 3 aromatic carbocycles. The predicted octanol–water partition coefficient (Wildman–Crippen LogP) is 5.98. The Bertz CT molecular complexity index is 1190. The second kappa shape index (κ2) is 9.63. The van der Waals surface area contributed by atoms with E-state index < -0.39 is 0 Å². The number of nitrogens with zero attached hydrogens (tertiary/aromatic N) is 1. The third-order valence-corrected chi connectivity index (χ3v) is 6.62. The van der Waals surface area contributed by atoms with E-state index in [0.717, 1.165) is 27.3 Å². The second-order valence-electron chi connectivity index (χ2n) is 7.70. The molecule has 162 valence electrons. The Labute approximate surface area is 197 Å². The third kappa shape index (κ3) is 4.90. The van der Waals surface area contributed by atoms with E-state index in [1.54, 1.807) is 12.1 Å². The van der Waals surface area contributed by atoms with E-state index >= 15 is 0 Å². The number of anilines is 1. The first-order valence-electron chi connectivity index (χ1n) is 10.3. The minimum Gasteiger partial charge on any atom is -0.350 e. The molecule has 32 heavy (non-hydrogen) atoms. The summed E-state index contributed by atoms with van der Waals surface area (Å²) in [5.74, 6) is -0.581. The lowest BCUT2D eigenvalue weighted by molar-refractivity contribution is -0.137. The predicted molar refractivity (Wildman–Crippen MR) is 131 cm³/mol. The van der Waals surface area contributed by atoms with Crippen LogP contribution in [0.4, 0.5) is 5.69 Å². The number of halogens is 1. The first-order chi connectivity index (χ1) is 15.4. The second-order valence-corrected chi connectivity index (χ2v) is 9.22. The minimum absolute atomic E-state index is 0.279. The van der Waals surface area contributed by atoms with Gasteiger partial charge in [0.1, 0.15) is 10.6 Å². The summed E-state index contributed by atoms with van der Waals surface area (Å²) in [5.41, 5.74) is 4.29. The molecule has 0 saturated carbocycles. The van der Waals surface area contributed by atoms with E-state index in [1.165, 1.54) is 16.7 Å². The van der Waals surface area contributed by atoms with Crippen LogP contribution in [0.15, 0.2) is 88.3 Å². The molecule has 0 saturated heterocycles. The average molecular weight is 463 g/mol. The lowest BCUT2D eigenvalue weighted by Crippen LogP contribution is -2.34. The Hall–Kier alpha value is -3.02. The van der Waals surface area contributed by atoms with Crippen molar-refractivity contribution in [3.05, 3.63) is 105 Å². The van der Waals surface area contributed by atoms with E-state index in [-0.39, 0.29) is 11.8 Å². The molecule has 4 rings (SSSR count). The molecular weight excluding hydrogens is 440 g/mol. The zero-order chi connectivity index (χ0) is 22.7. The first kappa shape index (κ1) is 22.2.